The van der Waals surface area contributed by atoms with Crippen molar-refractivity contribution in [3.63, 3.8) is 0 Å². The van der Waals surface area contributed by atoms with Crippen LogP contribution in [0.3, 0.4) is 0 Å². The molecule has 3 nitrogen and oxygen atoms in total. The van der Waals surface area contributed by atoms with E-state index in [2.05, 4.69) is 45.7 Å². The third-order valence-electron chi connectivity index (χ3n) is 4.28. The van der Waals surface area contributed by atoms with Gasteiger partial charge in [-0.05, 0) is 37.9 Å². The fourth-order valence-corrected chi connectivity index (χ4v) is 3.28. The van der Waals surface area contributed by atoms with E-state index >= 15 is 0 Å². The van der Waals surface area contributed by atoms with Gasteiger partial charge < -0.3 is 9.53 Å². The maximum absolute atomic E-state index is 9.51. The number of nitrogens with zero attached hydrogens (tertiary/aromatic N) is 1. The van der Waals surface area contributed by atoms with Crippen LogP contribution in [0.25, 0.3) is 0 Å². The van der Waals surface area contributed by atoms with Gasteiger partial charge in [0.15, 0.2) is 8.32 Å². The van der Waals surface area contributed by atoms with Crippen molar-refractivity contribution in [1.29, 1.82) is 0 Å². The first-order chi connectivity index (χ1) is 7.63. The molecule has 0 aromatic rings. The van der Waals surface area contributed by atoms with Gasteiger partial charge in [-0.3, -0.25) is 4.90 Å². The van der Waals surface area contributed by atoms with E-state index in [-0.39, 0.29) is 17.4 Å². The van der Waals surface area contributed by atoms with Gasteiger partial charge in [-0.25, -0.2) is 0 Å². The lowest BCUT2D eigenvalue weighted by atomic mass is 10.1. The quantitative estimate of drug-likeness (QED) is 0.791. The van der Waals surface area contributed by atoms with Crippen LogP contribution < -0.4 is 0 Å². The molecule has 0 aromatic heterocycles. The number of aliphatic hydroxyl groups excluding tert-OH is 1. The van der Waals surface area contributed by atoms with Gasteiger partial charge in [0.2, 0.25) is 0 Å². The zero-order valence-corrected chi connectivity index (χ0v) is 13.3. The van der Waals surface area contributed by atoms with Gasteiger partial charge in [0.05, 0.1) is 12.3 Å². The fourth-order valence-electron chi connectivity index (χ4n) is 1.93. The summed E-state index contributed by atoms with van der Waals surface area (Å²) in [6.45, 7) is 15.5. The van der Waals surface area contributed by atoms with Crippen LogP contribution in [0, 0.1) is 0 Å². The molecule has 0 radical (unpaired) electrons. The molecule has 1 aliphatic rings. The van der Waals surface area contributed by atoms with Gasteiger partial charge in [0.25, 0.3) is 0 Å². The summed E-state index contributed by atoms with van der Waals surface area (Å²) in [5, 5.41) is 9.77. The maximum Gasteiger partial charge on any atom is 0.194 e. The fraction of sp³-hybridized carbons (Fsp3) is 1.00. The van der Waals surface area contributed by atoms with Crippen LogP contribution in [0.4, 0.5) is 0 Å². The highest BCUT2D eigenvalue weighted by molar-refractivity contribution is 6.74. The predicted molar refractivity (Wildman–Crippen MR) is 74.6 cm³/mol. The van der Waals surface area contributed by atoms with Crippen LogP contribution >= 0.6 is 0 Å². The van der Waals surface area contributed by atoms with Gasteiger partial charge in [-0.15, -0.1) is 0 Å². The Labute approximate surface area is 107 Å². The first kappa shape index (κ1) is 15.2. The largest absolute Gasteiger partial charge is 0.402 e. The summed E-state index contributed by atoms with van der Waals surface area (Å²) in [5.74, 6) is 0. The van der Waals surface area contributed by atoms with Crippen molar-refractivity contribution in [2.75, 3.05) is 13.1 Å². The molecule has 0 spiro atoms. The molecule has 17 heavy (non-hydrogen) atoms. The Hall–Kier alpha value is 0.0969. The van der Waals surface area contributed by atoms with E-state index in [4.69, 9.17) is 4.43 Å². The SMILES string of the molecule is CC(O[Si](C)(C)C(C)(C)C)N1CCC(O)CC1. The van der Waals surface area contributed by atoms with Crippen molar-refractivity contribution in [2.24, 2.45) is 0 Å². The van der Waals surface area contributed by atoms with Gasteiger partial charge >= 0.3 is 0 Å². The smallest absolute Gasteiger partial charge is 0.194 e. The standard InChI is InChI=1S/C13H29NO2Si/c1-11(14-9-7-12(15)8-10-14)16-17(5,6)13(2,3)4/h11-12,15H,7-10H2,1-6H3. The number of hydrogen-bond donors (Lipinski definition) is 1. The minimum absolute atomic E-state index is 0.105. The third kappa shape index (κ3) is 4.05. The first-order valence-electron chi connectivity index (χ1n) is 6.73. The molecule has 1 unspecified atom stereocenters. The molecule has 1 N–H and O–H groups in total. The maximum atomic E-state index is 9.51. The van der Waals surface area contributed by atoms with E-state index < -0.39 is 8.32 Å². The first-order valence-corrected chi connectivity index (χ1v) is 9.64. The summed E-state index contributed by atoms with van der Waals surface area (Å²) in [4.78, 5) is 2.35. The molecule has 0 amide bonds. The Morgan fingerprint density at radius 2 is 1.71 bits per heavy atom. The van der Waals surface area contributed by atoms with Crippen LogP contribution in [-0.2, 0) is 4.43 Å². The molecule has 4 heteroatoms. The van der Waals surface area contributed by atoms with Crippen molar-refractivity contribution < 1.29 is 9.53 Å². The van der Waals surface area contributed by atoms with Gasteiger partial charge in [-0.1, -0.05) is 20.8 Å². The monoisotopic (exact) mass is 259 g/mol. The van der Waals surface area contributed by atoms with Crippen LogP contribution in [0.1, 0.15) is 40.5 Å². The zero-order chi connectivity index (χ0) is 13.3. The molecule has 1 fully saturated rings. The summed E-state index contributed by atoms with van der Waals surface area (Å²) in [6.07, 6.45) is 1.84. The Bertz CT molecular complexity index is 242. The van der Waals surface area contributed by atoms with Crippen molar-refractivity contribution in [3.05, 3.63) is 0 Å². The highest BCUT2D eigenvalue weighted by atomic mass is 28.4. The molecular weight excluding hydrogens is 230 g/mol. The lowest BCUT2D eigenvalue weighted by molar-refractivity contribution is -0.0139. The van der Waals surface area contributed by atoms with Crippen LogP contribution in [0.15, 0.2) is 0 Å². The van der Waals surface area contributed by atoms with Crippen molar-refractivity contribution in [2.45, 2.75) is 71.0 Å². The molecule has 1 atom stereocenters. The Kier molecular flexibility index (Phi) is 4.80. The molecule has 0 bridgehead atoms. The van der Waals surface area contributed by atoms with E-state index in [1.807, 2.05) is 0 Å². The molecule has 1 heterocycles. The Morgan fingerprint density at radius 1 is 1.24 bits per heavy atom. The molecule has 1 aliphatic heterocycles. The minimum Gasteiger partial charge on any atom is -0.402 e. The lowest BCUT2D eigenvalue weighted by Gasteiger charge is -2.43. The normalized spacial score (nSPS) is 22.8. The van der Waals surface area contributed by atoms with Crippen molar-refractivity contribution in [1.82, 2.24) is 4.90 Å². The van der Waals surface area contributed by atoms with Crippen molar-refractivity contribution >= 4 is 8.32 Å². The van der Waals surface area contributed by atoms with E-state index in [0.717, 1.165) is 25.9 Å². The molecule has 1 saturated heterocycles. The van der Waals surface area contributed by atoms with E-state index in [1.165, 1.54) is 0 Å². The molecule has 102 valence electrons. The molecule has 1 rings (SSSR count). The van der Waals surface area contributed by atoms with Gasteiger partial charge in [0.1, 0.15) is 0 Å². The van der Waals surface area contributed by atoms with Crippen LogP contribution in [0.2, 0.25) is 18.1 Å². The average Bonchev–Trinajstić information content (AvgIpc) is 2.16. The topological polar surface area (TPSA) is 32.7 Å². The second-order valence-corrected chi connectivity index (χ2v) is 11.5. The highest BCUT2D eigenvalue weighted by Crippen LogP contribution is 2.37. The summed E-state index contributed by atoms with van der Waals surface area (Å²) in [6, 6.07) is 0. The number of hydrogen-bond acceptors (Lipinski definition) is 3. The Balaban J connectivity index is 2.51. The third-order valence-corrected chi connectivity index (χ3v) is 8.83. The van der Waals surface area contributed by atoms with E-state index in [9.17, 15) is 5.11 Å². The van der Waals surface area contributed by atoms with Crippen LogP contribution in [0.5, 0.6) is 0 Å². The van der Waals surface area contributed by atoms with Crippen LogP contribution in [-0.4, -0.2) is 43.7 Å². The zero-order valence-electron chi connectivity index (χ0n) is 12.3. The second-order valence-electron chi connectivity index (χ2n) is 6.74. The van der Waals surface area contributed by atoms with Gasteiger partial charge in [0, 0.05) is 13.1 Å². The average molecular weight is 259 g/mol. The lowest BCUT2D eigenvalue weighted by Crippen LogP contribution is -2.50. The molecular formula is C13H29NO2Si. The number of rotatable bonds is 3. The predicted octanol–water partition coefficient (Wildman–Crippen LogP) is 2.81. The summed E-state index contributed by atoms with van der Waals surface area (Å²) in [5.41, 5.74) is 0. The van der Waals surface area contributed by atoms with Crippen molar-refractivity contribution in [3.8, 4) is 0 Å². The summed E-state index contributed by atoms with van der Waals surface area (Å²) < 4.78 is 6.36. The number of piperidine rings is 1. The Morgan fingerprint density at radius 3 is 2.12 bits per heavy atom. The summed E-state index contributed by atoms with van der Waals surface area (Å²) >= 11 is 0. The van der Waals surface area contributed by atoms with E-state index in [0.29, 0.717) is 0 Å². The van der Waals surface area contributed by atoms with Gasteiger partial charge in [-0.2, -0.15) is 0 Å². The second kappa shape index (κ2) is 5.39. The number of likely N-dealkylation sites (tertiary alicyclic amines) is 1. The molecule has 0 saturated carbocycles. The summed E-state index contributed by atoms with van der Waals surface area (Å²) in [7, 11) is -1.67. The highest BCUT2D eigenvalue weighted by Gasteiger charge is 2.39. The number of aliphatic hydroxyl groups is 1. The molecule has 0 aromatic carbocycles. The molecule has 0 aliphatic carbocycles. The van der Waals surface area contributed by atoms with E-state index in [1.54, 1.807) is 0 Å². The minimum atomic E-state index is -1.67.